The van der Waals surface area contributed by atoms with Crippen molar-refractivity contribution in [3.8, 4) is 0 Å². The molecule has 0 spiro atoms. The van der Waals surface area contributed by atoms with Crippen LogP contribution in [0.2, 0.25) is 0 Å². The van der Waals surface area contributed by atoms with Crippen LogP contribution >= 0.6 is 0 Å². The molecule has 3 nitrogen and oxygen atoms in total. The first-order valence-electron chi connectivity index (χ1n) is 6.25. The molecule has 0 aliphatic carbocycles. The molecule has 1 saturated heterocycles. The van der Waals surface area contributed by atoms with Crippen molar-refractivity contribution in [1.82, 2.24) is 10.2 Å². The molecule has 1 atom stereocenters. The van der Waals surface area contributed by atoms with E-state index in [1.54, 1.807) is 0 Å². The minimum atomic E-state index is 0.278. The number of hydrogen-bond donors (Lipinski definition) is 1. The first kappa shape index (κ1) is 12.5. The van der Waals surface area contributed by atoms with Crippen molar-refractivity contribution in [1.29, 1.82) is 0 Å². The molecule has 1 heterocycles. The Morgan fingerprint density at radius 2 is 2.07 bits per heavy atom. The molecule has 88 valence electrons. The van der Waals surface area contributed by atoms with Gasteiger partial charge in [0.1, 0.15) is 0 Å². The first-order chi connectivity index (χ1) is 7.22. The lowest BCUT2D eigenvalue weighted by atomic mass is 10.0. The van der Waals surface area contributed by atoms with Gasteiger partial charge in [0.15, 0.2) is 0 Å². The molecule has 3 heteroatoms. The summed E-state index contributed by atoms with van der Waals surface area (Å²) in [4.78, 5) is 13.7. The highest BCUT2D eigenvalue weighted by Gasteiger charge is 2.30. The molecule has 0 radical (unpaired) electrons. The summed E-state index contributed by atoms with van der Waals surface area (Å²) in [5.74, 6) is 0.938. The third kappa shape index (κ3) is 3.20. The zero-order valence-electron chi connectivity index (χ0n) is 10.3. The Hall–Kier alpha value is -0.570. The van der Waals surface area contributed by atoms with Crippen molar-refractivity contribution in [3.05, 3.63) is 0 Å². The highest BCUT2D eigenvalue weighted by Crippen LogP contribution is 2.16. The third-order valence-corrected chi connectivity index (χ3v) is 3.36. The van der Waals surface area contributed by atoms with E-state index in [0.717, 1.165) is 19.4 Å². The second-order valence-corrected chi connectivity index (χ2v) is 4.41. The van der Waals surface area contributed by atoms with Crippen molar-refractivity contribution in [2.75, 3.05) is 13.1 Å². The average Bonchev–Trinajstić information content (AvgIpc) is 2.58. The lowest BCUT2D eigenvalue weighted by Gasteiger charge is -2.27. The predicted octanol–water partition coefficient (Wildman–Crippen LogP) is 1.98. The molecule has 1 aliphatic rings. The average molecular weight is 212 g/mol. The van der Waals surface area contributed by atoms with Crippen LogP contribution in [0.1, 0.15) is 46.5 Å². The van der Waals surface area contributed by atoms with E-state index in [9.17, 15) is 4.79 Å². The van der Waals surface area contributed by atoms with E-state index in [1.807, 2.05) is 4.90 Å². The number of rotatable bonds is 6. The summed E-state index contributed by atoms with van der Waals surface area (Å²) in [7, 11) is 0. The molecule has 1 aliphatic heterocycles. The summed E-state index contributed by atoms with van der Waals surface area (Å²) in [6.45, 7) is 8.04. The van der Waals surface area contributed by atoms with Crippen LogP contribution in [-0.4, -0.2) is 30.1 Å². The molecular weight excluding hydrogens is 188 g/mol. The van der Waals surface area contributed by atoms with Gasteiger partial charge < -0.3 is 4.90 Å². The summed E-state index contributed by atoms with van der Waals surface area (Å²) < 4.78 is 0. The van der Waals surface area contributed by atoms with Crippen LogP contribution in [0.4, 0.5) is 0 Å². The Bertz CT molecular complexity index is 202. The molecule has 0 bridgehead atoms. The van der Waals surface area contributed by atoms with Gasteiger partial charge in [0.05, 0.1) is 12.7 Å². The molecule has 0 saturated carbocycles. The fraction of sp³-hybridized carbons (Fsp3) is 0.917. The minimum absolute atomic E-state index is 0.278. The zero-order chi connectivity index (χ0) is 11.3. The maximum absolute atomic E-state index is 11.7. The largest absolute Gasteiger partial charge is 0.326 e. The maximum Gasteiger partial charge on any atom is 0.237 e. The van der Waals surface area contributed by atoms with Gasteiger partial charge in [-0.1, -0.05) is 40.0 Å². The number of carbonyl (C=O) groups excluding carboxylic acids is 1. The molecule has 15 heavy (non-hydrogen) atoms. The SMILES string of the molecule is CCCC1NCC(=O)N1CC(CC)CC. The van der Waals surface area contributed by atoms with E-state index in [-0.39, 0.29) is 5.91 Å². The minimum Gasteiger partial charge on any atom is -0.326 e. The van der Waals surface area contributed by atoms with E-state index in [4.69, 9.17) is 0 Å². The Morgan fingerprint density at radius 3 is 2.60 bits per heavy atom. The molecule has 0 aromatic rings. The van der Waals surface area contributed by atoms with Crippen molar-refractivity contribution in [3.63, 3.8) is 0 Å². The topological polar surface area (TPSA) is 32.3 Å². The third-order valence-electron chi connectivity index (χ3n) is 3.36. The van der Waals surface area contributed by atoms with Gasteiger partial charge in [-0.05, 0) is 12.3 Å². The molecule has 1 N–H and O–H groups in total. The Morgan fingerprint density at radius 1 is 1.40 bits per heavy atom. The highest BCUT2D eigenvalue weighted by atomic mass is 16.2. The number of amides is 1. The fourth-order valence-electron chi connectivity index (χ4n) is 2.18. The maximum atomic E-state index is 11.7. The normalized spacial score (nSPS) is 21.7. The van der Waals surface area contributed by atoms with Crippen LogP contribution in [0.5, 0.6) is 0 Å². The summed E-state index contributed by atoms with van der Waals surface area (Å²) in [6, 6.07) is 0. The van der Waals surface area contributed by atoms with E-state index in [0.29, 0.717) is 18.6 Å². The first-order valence-corrected chi connectivity index (χ1v) is 6.25. The predicted molar refractivity (Wildman–Crippen MR) is 62.5 cm³/mol. The van der Waals surface area contributed by atoms with Gasteiger partial charge in [0.25, 0.3) is 0 Å². The van der Waals surface area contributed by atoms with Crippen LogP contribution in [0.15, 0.2) is 0 Å². The Kier molecular flexibility index (Phi) is 5.09. The monoisotopic (exact) mass is 212 g/mol. The van der Waals surface area contributed by atoms with E-state index >= 15 is 0 Å². The van der Waals surface area contributed by atoms with Crippen LogP contribution in [-0.2, 0) is 4.79 Å². The summed E-state index contributed by atoms with van der Waals surface area (Å²) in [5.41, 5.74) is 0. The van der Waals surface area contributed by atoms with Gasteiger partial charge in [0, 0.05) is 6.54 Å². The zero-order valence-corrected chi connectivity index (χ0v) is 10.3. The molecular formula is C12H24N2O. The van der Waals surface area contributed by atoms with E-state index < -0.39 is 0 Å². The summed E-state index contributed by atoms with van der Waals surface area (Å²) in [5, 5.41) is 3.29. The van der Waals surface area contributed by atoms with Gasteiger partial charge in [-0.3, -0.25) is 10.1 Å². The van der Waals surface area contributed by atoms with Crippen LogP contribution < -0.4 is 5.32 Å². The van der Waals surface area contributed by atoms with E-state index in [1.165, 1.54) is 12.8 Å². The summed E-state index contributed by atoms with van der Waals surface area (Å²) in [6.07, 6.45) is 4.83. The summed E-state index contributed by atoms with van der Waals surface area (Å²) >= 11 is 0. The van der Waals surface area contributed by atoms with Crippen molar-refractivity contribution < 1.29 is 4.79 Å². The standard InChI is InChI=1S/C12H24N2O/c1-4-7-11-13-8-12(15)14(11)9-10(5-2)6-3/h10-11,13H,4-9H2,1-3H3. The molecule has 0 aromatic carbocycles. The van der Waals surface area contributed by atoms with Crippen molar-refractivity contribution in [2.45, 2.75) is 52.6 Å². The van der Waals surface area contributed by atoms with Gasteiger partial charge in [0.2, 0.25) is 5.91 Å². The van der Waals surface area contributed by atoms with Gasteiger partial charge >= 0.3 is 0 Å². The Labute approximate surface area is 93.2 Å². The quantitative estimate of drug-likeness (QED) is 0.730. The molecule has 1 rings (SSSR count). The second-order valence-electron chi connectivity index (χ2n) is 4.41. The molecule has 0 aromatic heterocycles. The van der Waals surface area contributed by atoms with Crippen LogP contribution in [0.25, 0.3) is 0 Å². The smallest absolute Gasteiger partial charge is 0.237 e. The Balaban J connectivity index is 2.51. The van der Waals surface area contributed by atoms with Crippen molar-refractivity contribution >= 4 is 5.91 Å². The van der Waals surface area contributed by atoms with Gasteiger partial charge in [-0.15, -0.1) is 0 Å². The van der Waals surface area contributed by atoms with Crippen molar-refractivity contribution in [2.24, 2.45) is 5.92 Å². The number of nitrogens with zero attached hydrogens (tertiary/aromatic N) is 1. The van der Waals surface area contributed by atoms with Gasteiger partial charge in [-0.25, -0.2) is 0 Å². The highest BCUT2D eigenvalue weighted by molar-refractivity contribution is 5.80. The second kappa shape index (κ2) is 6.11. The van der Waals surface area contributed by atoms with Gasteiger partial charge in [-0.2, -0.15) is 0 Å². The number of carbonyl (C=O) groups is 1. The number of nitrogens with one attached hydrogen (secondary N) is 1. The van der Waals surface area contributed by atoms with E-state index in [2.05, 4.69) is 26.1 Å². The molecule has 1 unspecified atom stereocenters. The van der Waals surface area contributed by atoms with Crippen LogP contribution in [0, 0.1) is 5.92 Å². The lowest BCUT2D eigenvalue weighted by Crippen LogP contribution is -2.40. The lowest BCUT2D eigenvalue weighted by molar-refractivity contribution is -0.128. The van der Waals surface area contributed by atoms with Crippen LogP contribution in [0.3, 0.4) is 0 Å². The molecule has 1 amide bonds. The molecule has 1 fully saturated rings. The number of hydrogen-bond acceptors (Lipinski definition) is 2. The fourth-order valence-corrected chi connectivity index (χ4v) is 2.18.